The van der Waals surface area contributed by atoms with Gasteiger partial charge in [-0.15, -0.1) is 0 Å². The lowest BCUT2D eigenvalue weighted by Gasteiger charge is -2.10. The van der Waals surface area contributed by atoms with Gasteiger partial charge in [0.25, 0.3) is 0 Å². The lowest BCUT2D eigenvalue weighted by Crippen LogP contribution is -2.13. The van der Waals surface area contributed by atoms with E-state index in [0.717, 1.165) is 0 Å². The predicted octanol–water partition coefficient (Wildman–Crippen LogP) is 2.67. The SMILES string of the molecule is CCOC(=O)c1cc(C)nn1-c1ccc(-c2ccccc2S(N)(=O)=O)cc1. The Morgan fingerprint density at radius 3 is 2.44 bits per heavy atom. The lowest BCUT2D eigenvalue weighted by molar-refractivity contribution is 0.0515. The van der Waals surface area contributed by atoms with Crippen molar-refractivity contribution in [1.82, 2.24) is 9.78 Å². The second-order valence-electron chi connectivity index (χ2n) is 5.89. The van der Waals surface area contributed by atoms with Gasteiger partial charge in [-0.3, -0.25) is 0 Å². The normalized spacial score (nSPS) is 11.4. The molecule has 140 valence electrons. The van der Waals surface area contributed by atoms with Crippen LogP contribution in [0.2, 0.25) is 0 Å². The molecule has 2 N–H and O–H groups in total. The first kappa shape index (κ1) is 18.8. The van der Waals surface area contributed by atoms with Gasteiger partial charge in [-0.25, -0.2) is 23.0 Å². The summed E-state index contributed by atoms with van der Waals surface area (Å²) in [6.45, 7) is 3.80. The van der Waals surface area contributed by atoms with Crippen LogP contribution in [-0.2, 0) is 14.8 Å². The van der Waals surface area contributed by atoms with Gasteiger partial charge in [-0.1, -0.05) is 30.3 Å². The van der Waals surface area contributed by atoms with E-state index in [9.17, 15) is 13.2 Å². The molecule has 2 aromatic carbocycles. The number of ether oxygens (including phenoxy) is 1. The summed E-state index contributed by atoms with van der Waals surface area (Å²) in [5.74, 6) is -0.457. The Bertz CT molecular complexity index is 1090. The maximum Gasteiger partial charge on any atom is 0.357 e. The monoisotopic (exact) mass is 385 g/mol. The summed E-state index contributed by atoms with van der Waals surface area (Å²) in [6, 6.07) is 15.2. The van der Waals surface area contributed by atoms with Crippen LogP contribution in [0, 0.1) is 6.92 Å². The minimum absolute atomic E-state index is 0.0555. The summed E-state index contributed by atoms with van der Waals surface area (Å²) in [5, 5.41) is 9.65. The van der Waals surface area contributed by atoms with Crippen molar-refractivity contribution in [2.24, 2.45) is 5.14 Å². The Labute approximate surface area is 157 Å². The molecule has 0 radical (unpaired) electrons. The first-order valence-corrected chi connectivity index (χ1v) is 9.82. The van der Waals surface area contributed by atoms with Crippen LogP contribution in [0.3, 0.4) is 0 Å². The van der Waals surface area contributed by atoms with Crippen LogP contribution in [0.4, 0.5) is 0 Å². The fraction of sp³-hybridized carbons (Fsp3) is 0.158. The summed E-state index contributed by atoms with van der Waals surface area (Å²) in [6.07, 6.45) is 0. The highest BCUT2D eigenvalue weighted by Crippen LogP contribution is 2.27. The van der Waals surface area contributed by atoms with E-state index in [0.29, 0.717) is 28.2 Å². The van der Waals surface area contributed by atoms with Gasteiger partial charge in [0.15, 0.2) is 5.69 Å². The summed E-state index contributed by atoms with van der Waals surface area (Å²) < 4.78 is 30.2. The predicted molar refractivity (Wildman–Crippen MR) is 101 cm³/mol. The molecule has 8 heteroatoms. The van der Waals surface area contributed by atoms with Crippen molar-refractivity contribution in [1.29, 1.82) is 0 Å². The number of primary sulfonamides is 1. The molecule has 0 aliphatic rings. The van der Waals surface area contributed by atoms with Gasteiger partial charge in [0.1, 0.15) is 0 Å². The third-order valence-corrected chi connectivity index (χ3v) is 4.90. The molecule has 3 rings (SSSR count). The van der Waals surface area contributed by atoms with Crippen molar-refractivity contribution < 1.29 is 17.9 Å². The fourth-order valence-electron chi connectivity index (χ4n) is 2.78. The second kappa shape index (κ2) is 7.34. The maximum absolute atomic E-state index is 12.1. The number of hydrogen-bond donors (Lipinski definition) is 1. The first-order chi connectivity index (χ1) is 12.8. The van der Waals surface area contributed by atoms with Crippen LogP contribution in [0.15, 0.2) is 59.5 Å². The Balaban J connectivity index is 2.03. The molecule has 0 aliphatic carbocycles. The van der Waals surface area contributed by atoms with E-state index >= 15 is 0 Å². The average molecular weight is 385 g/mol. The summed E-state index contributed by atoms with van der Waals surface area (Å²) in [4.78, 5) is 12.2. The fourth-order valence-corrected chi connectivity index (χ4v) is 3.54. The van der Waals surface area contributed by atoms with Crippen LogP contribution in [0.1, 0.15) is 23.1 Å². The molecule has 1 aromatic heterocycles. The molecule has 0 fully saturated rings. The number of aryl methyl sites for hydroxylation is 1. The van der Waals surface area contributed by atoms with Gasteiger partial charge >= 0.3 is 5.97 Å². The topological polar surface area (TPSA) is 104 Å². The van der Waals surface area contributed by atoms with Gasteiger partial charge in [0.2, 0.25) is 10.0 Å². The third kappa shape index (κ3) is 3.91. The van der Waals surface area contributed by atoms with Gasteiger partial charge in [-0.2, -0.15) is 5.10 Å². The minimum Gasteiger partial charge on any atom is -0.461 e. The summed E-state index contributed by atoms with van der Waals surface area (Å²) >= 11 is 0. The molecule has 0 saturated heterocycles. The van der Waals surface area contributed by atoms with E-state index in [-0.39, 0.29) is 11.5 Å². The van der Waals surface area contributed by atoms with E-state index in [1.165, 1.54) is 10.7 Å². The number of carbonyl (C=O) groups is 1. The van der Waals surface area contributed by atoms with Gasteiger partial charge < -0.3 is 4.74 Å². The Morgan fingerprint density at radius 1 is 1.15 bits per heavy atom. The molecule has 0 bridgehead atoms. The lowest BCUT2D eigenvalue weighted by atomic mass is 10.1. The van der Waals surface area contributed by atoms with Gasteiger partial charge in [0.05, 0.1) is 22.9 Å². The highest BCUT2D eigenvalue weighted by atomic mass is 32.2. The molecule has 0 atom stereocenters. The molecule has 0 saturated carbocycles. The molecule has 0 aliphatic heterocycles. The molecular formula is C19H19N3O4S. The number of sulfonamides is 1. The minimum atomic E-state index is -3.84. The van der Waals surface area contributed by atoms with Gasteiger partial charge in [-0.05, 0) is 43.7 Å². The molecule has 0 spiro atoms. The van der Waals surface area contributed by atoms with E-state index in [1.807, 2.05) is 0 Å². The van der Waals surface area contributed by atoms with Crippen molar-refractivity contribution in [3.05, 3.63) is 66.0 Å². The molecule has 0 unspecified atom stereocenters. The van der Waals surface area contributed by atoms with E-state index in [2.05, 4.69) is 5.10 Å². The standard InChI is InChI=1S/C19H19N3O4S/c1-3-26-19(23)17-12-13(2)21-22(17)15-10-8-14(9-11-15)16-6-4-5-7-18(16)27(20,24)25/h4-12H,3H2,1-2H3,(H2,20,24,25). The molecule has 1 heterocycles. The number of nitrogens with two attached hydrogens (primary N) is 1. The highest BCUT2D eigenvalue weighted by molar-refractivity contribution is 7.89. The number of esters is 1. The van der Waals surface area contributed by atoms with Crippen LogP contribution >= 0.6 is 0 Å². The third-order valence-electron chi connectivity index (χ3n) is 3.93. The number of hydrogen-bond acceptors (Lipinski definition) is 5. The molecule has 7 nitrogen and oxygen atoms in total. The Hall–Kier alpha value is -2.97. The highest BCUT2D eigenvalue weighted by Gasteiger charge is 2.17. The molecule has 3 aromatic rings. The van der Waals surface area contributed by atoms with Crippen LogP contribution in [0.25, 0.3) is 16.8 Å². The second-order valence-corrected chi connectivity index (χ2v) is 7.42. The Kier molecular flexibility index (Phi) is 5.11. The average Bonchev–Trinajstić information content (AvgIpc) is 3.03. The number of aromatic nitrogens is 2. The number of rotatable bonds is 5. The number of carbonyl (C=O) groups excluding carboxylic acids is 1. The molecule has 27 heavy (non-hydrogen) atoms. The van der Waals surface area contributed by atoms with Crippen molar-refractivity contribution in [2.75, 3.05) is 6.61 Å². The number of nitrogens with zero attached hydrogens (tertiary/aromatic N) is 2. The van der Waals surface area contributed by atoms with Gasteiger partial charge in [0, 0.05) is 5.56 Å². The van der Waals surface area contributed by atoms with Crippen molar-refractivity contribution in [2.45, 2.75) is 18.7 Å². The largest absolute Gasteiger partial charge is 0.461 e. The van der Waals surface area contributed by atoms with Crippen LogP contribution in [-0.4, -0.2) is 30.8 Å². The zero-order valence-electron chi connectivity index (χ0n) is 14.9. The van der Waals surface area contributed by atoms with E-state index < -0.39 is 16.0 Å². The molecule has 0 amide bonds. The van der Waals surface area contributed by atoms with Crippen LogP contribution in [0.5, 0.6) is 0 Å². The van der Waals surface area contributed by atoms with E-state index in [1.54, 1.807) is 62.4 Å². The quantitative estimate of drug-likeness (QED) is 0.680. The van der Waals surface area contributed by atoms with Crippen molar-refractivity contribution >= 4 is 16.0 Å². The molecular weight excluding hydrogens is 366 g/mol. The zero-order valence-corrected chi connectivity index (χ0v) is 15.7. The Morgan fingerprint density at radius 2 is 1.81 bits per heavy atom. The smallest absolute Gasteiger partial charge is 0.357 e. The number of benzene rings is 2. The summed E-state index contributed by atoms with van der Waals surface area (Å²) in [7, 11) is -3.84. The maximum atomic E-state index is 12.1. The zero-order chi connectivity index (χ0) is 19.6. The van der Waals surface area contributed by atoms with E-state index in [4.69, 9.17) is 9.88 Å². The van der Waals surface area contributed by atoms with Crippen LogP contribution < -0.4 is 5.14 Å². The van der Waals surface area contributed by atoms with Crippen molar-refractivity contribution in [3.63, 3.8) is 0 Å². The summed E-state index contributed by atoms with van der Waals surface area (Å²) in [5.41, 5.74) is 2.86. The first-order valence-electron chi connectivity index (χ1n) is 8.27. The van der Waals surface area contributed by atoms with Crippen molar-refractivity contribution in [3.8, 4) is 16.8 Å².